The average molecular weight is 580 g/mol. The van der Waals surface area contributed by atoms with Gasteiger partial charge in [-0.15, -0.1) is 0 Å². The van der Waals surface area contributed by atoms with E-state index in [4.69, 9.17) is 4.74 Å². The molecular formula is C32H26FN5O5. The number of benzene rings is 3. The summed E-state index contributed by atoms with van der Waals surface area (Å²) in [6.45, 7) is 1.65. The molecule has 3 aromatic carbocycles. The first-order chi connectivity index (χ1) is 20.8. The molecule has 4 N–H and O–H groups in total. The van der Waals surface area contributed by atoms with Crippen molar-refractivity contribution >= 4 is 33.5 Å². The van der Waals surface area contributed by atoms with Crippen LogP contribution in [0, 0.1) is 5.82 Å². The Bertz CT molecular complexity index is 2040. The summed E-state index contributed by atoms with van der Waals surface area (Å²) in [5.74, 6) is -0.731. The highest BCUT2D eigenvalue weighted by atomic mass is 19.1. The summed E-state index contributed by atoms with van der Waals surface area (Å²) in [7, 11) is 0. The van der Waals surface area contributed by atoms with E-state index in [0.29, 0.717) is 39.0 Å². The highest BCUT2D eigenvalue weighted by molar-refractivity contribution is 6.01. The summed E-state index contributed by atoms with van der Waals surface area (Å²) in [4.78, 5) is 31.2. The molecule has 0 bridgehead atoms. The number of fused-ring (bicyclic) bond motifs is 2. The SMILES string of the molecule is C[C@H](CO)Nc1n[nH]c2nccc(Oc3ccc(CC(=O)c4cc5c(O)cccc5n(-c5ccccc5)c4=O)cc3F)c12. The van der Waals surface area contributed by atoms with Gasteiger partial charge in [-0.2, -0.15) is 5.10 Å². The van der Waals surface area contributed by atoms with Crippen molar-refractivity contribution in [1.82, 2.24) is 19.7 Å². The van der Waals surface area contributed by atoms with E-state index in [2.05, 4.69) is 20.5 Å². The maximum atomic E-state index is 15.3. The lowest BCUT2D eigenvalue weighted by atomic mass is 10.0. The summed E-state index contributed by atoms with van der Waals surface area (Å²) < 4.78 is 22.6. The molecule has 0 aliphatic heterocycles. The largest absolute Gasteiger partial charge is 0.507 e. The zero-order valence-electron chi connectivity index (χ0n) is 22.9. The Morgan fingerprint density at radius 3 is 2.65 bits per heavy atom. The smallest absolute Gasteiger partial charge is 0.266 e. The molecule has 0 radical (unpaired) electrons. The molecule has 6 rings (SSSR count). The van der Waals surface area contributed by atoms with Crippen molar-refractivity contribution in [2.24, 2.45) is 0 Å². The van der Waals surface area contributed by atoms with E-state index in [9.17, 15) is 19.8 Å². The number of rotatable bonds is 9. The highest BCUT2D eigenvalue weighted by Crippen LogP contribution is 2.34. The molecule has 0 spiro atoms. The van der Waals surface area contributed by atoms with E-state index >= 15 is 4.39 Å². The molecule has 0 fully saturated rings. The van der Waals surface area contributed by atoms with Gasteiger partial charge in [0.1, 0.15) is 16.9 Å². The van der Waals surface area contributed by atoms with Crippen molar-refractivity contribution in [2.45, 2.75) is 19.4 Å². The minimum Gasteiger partial charge on any atom is -0.507 e. The molecule has 3 aromatic heterocycles. The molecule has 0 amide bonds. The third-order valence-electron chi connectivity index (χ3n) is 7.00. The minimum absolute atomic E-state index is 0.0733. The van der Waals surface area contributed by atoms with Gasteiger partial charge in [0, 0.05) is 35.8 Å². The fraction of sp³-hybridized carbons (Fsp3) is 0.125. The molecule has 1 atom stereocenters. The number of halogens is 1. The number of aromatic amines is 1. The van der Waals surface area contributed by atoms with Crippen molar-refractivity contribution in [2.75, 3.05) is 11.9 Å². The molecule has 0 unspecified atom stereocenters. The zero-order valence-corrected chi connectivity index (χ0v) is 22.9. The molecule has 0 saturated carbocycles. The van der Waals surface area contributed by atoms with Crippen LogP contribution in [0.2, 0.25) is 0 Å². The molecule has 10 nitrogen and oxygen atoms in total. The number of aliphatic hydroxyl groups is 1. The van der Waals surface area contributed by atoms with Gasteiger partial charge < -0.3 is 20.3 Å². The van der Waals surface area contributed by atoms with E-state index in [-0.39, 0.29) is 41.9 Å². The lowest BCUT2D eigenvalue weighted by molar-refractivity contribution is 0.0991. The third kappa shape index (κ3) is 5.29. The van der Waals surface area contributed by atoms with Crippen molar-refractivity contribution < 1.29 is 24.1 Å². The number of aromatic nitrogens is 4. The number of hydrogen-bond donors (Lipinski definition) is 4. The second kappa shape index (κ2) is 11.4. The number of hydrogen-bond acceptors (Lipinski definition) is 8. The van der Waals surface area contributed by atoms with E-state index in [1.165, 1.54) is 35.0 Å². The number of Topliss-reactive ketones (excluding diaryl/α,β-unsaturated/α-hetero) is 1. The molecule has 0 saturated heterocycles. The number of nitrogens with zero attached hydrogens (tertiary/aromatic N) is 3. The van der Waals surface area contributed by atoms with E-state index < -0.39 is 17.2 Å². The minimum atomic E-state index is -0.713. The number of pyridine rings is 2. The van der Waals surface area contributed by atoms with Crippen molar-refractivity contribution in [3.8, 4) is 22.9 Å². The number of nitrogens with one attached hydrogen (secondary N) is 2. The Morgan fingerprint density at radius 2 is 1.88 bits per heavy atom. The molecule has 11 heteroatoms. The molecule has 216 valence electrons. The summed E-state index contributed by atoms with van der Waals surface area (Å²) in [6.07, 6.45) is 1.23. The summed E-state index contributed by atoms with van der Waals surface area (Å²) in [6, 6.07) is 20.4. The van der Waals surface area contributed by atoms with Crippen LogP contribution in [0.15, 0.2) is 89.9 Å². The van der Waals surface area contributed by atoms with Gasteiger partial charge in [-0.05, 0) is 55.0 Å². The number of carbonyl (C=O) groups excluding carboxylic acids is 1. The van der Waals surface area contributed by atoms with Gasteiger partial charge in [0.2, 0.25) is 0 Å². The Hall–Kier alpha value is -5.55. The topological polar surface area (TPSA) is 142 Å². The molecule has 6 aromatic rings. The first-order valence-corrected chi connectivity index (χ1v) is 13.5. The van der Waals surface area contributed by atoms with Crippen molar-refractivity contribution in [1.29, 1.82) is 0 Å². The quantitative estimate of drug-likeness (QED) is 0.173. The first-order valence-electron chi connectivity index (χ1n) is 13.5. The number of phenols is 1. The lowest BCUT2D eigenvalue weighted by Crippen LogP contribution is -2.26. The Labute approximate surface area is 244 Å². The predicted molar refractivity (Wildman–Crippen MR) is 160 cm³/mol. The number of aromatic hydroxyl groups is 1. The van der Waals surface area contributed by atoms with Gasteiger partial charge in [0.25, 0.3) is 5.56 Å². The second-order valence-corrected chi connectivity index (χ2v) is 10.0. The number of ketones is 1. The monoisotopic (exact) mass is 579 g/mol. The number of anilines is 1. The van der Waals surface area contributed by atoms with Crippen LogP contribution in [0.25, 0.3) is 27.6 Å². The number of ether oxygens (including phenoxy) is 1. The molecule has 3 heterocycles. The van der Waals surface area contributed by atoms with Crippen LogP contribution in [0.3, 0.4) is 0 Å². The number of carbonyl (C=O) groups is 1. The van der Waals surface area contributed by atoms with Crippen LogP contribution in [-0.4, -0.2) is 48.4 Å². The van der Waals surface area contributed by atoms with Crippen molar-refractivity contribution in [3.05, 3.63) is 112 Å². The maximum Gasteiger partial charge on any atom is 0.266 e. The van der Waals surface area contributed by atoms with Crippen LogP contribution in [0.1, 0.15) is 22.8 Å². The van der Waals surface area contributed by atoms with Crippen LogP contribution in [0.5, 0.6) is 17.2 Å². The van der Waals surface area contributed by atoms with E-state index in [1.807, 2.05) is 6.07 Å². The third-order valence-corrected chi connectivity index (χ3v) is 7.00. The summed E-state index contributed by atoms with van der Waals surface area (Å²) in [5, 5.41) is 30.8. The van der Waals surface area contributed by atoms with Gasteiger partial charge >= 0.3 is 0 Å². The molecular weight excluding hydrogens is 553 g/mol. The van der Waals surface area contributed by atoms with Gasteiger partial charge in [-0.1, -0.05) is 30.3 Å². The van der Waals surface area contributed by atoms with E-state index in [0.717, 1.165) is 0 Å². The second-order valence-electron chi connectivity index (χ2n) is 10.0. The fourth-order valence-corrected chi connectivity index (χ4v) is 4.88. The lowest BCUT2D eigenvalue weighted by Gasteiger charge is -2.14. The Balaban J connectivity index is 1.30. The summed E-state index contributed by atoms with van der Waals surface area (Å²) >= 11 is 0. The van der Waals surface area contributed by atoms with Gasteiger partial charge in [0.15, 0.2) is 28.8 Å². The van der Waals surface area contributed by atoms with Crippen LogP contribution < -0.4 is 15.6 Å². The number of phenolic OH excluding ortho intramolecular Hbond substituents is 1. The Morgan fingerprint density at radius 1 is 1.07 bits per heavy atom. The van der Waals surface area contributed by atoms with Crippen molar-refractivity contribution in [3.63, 3.8) is 0 Å². The molecule has 43 heavy (non-hydrogen) atoms. The van der Waals surface area contributed by atoms with Gasteiger partial charge in [-0.3, -0.25) is 19.3 Å². The van der Waals surface area contributed by atoms with Crippen LogP contribution >= 0.6 is 0 Å². The van der Waals surface area contributed by atoms with Crippen LogP contribution in [-0.2, 0) is 6.42 Å². The standard InChI is InChI=1S/C32H26FN5O5/c1-18(17-39)35-31-29-28(12-13-34-30(29)36-37-31)43-27-11-10-19(14-23(27)33)15-26(41)22-16-21-24(8-5-9-25(21)40)38(32(22)42)20-6-3-2-4-7-20/h2-14,16,18,39-40H,15,17H2,1H3,(H2,34,35,36,37)/t18-/m1/s1. The number of para-hydroxylation sites is 1. The zero-order chi connectivity index (χ0) is 30.1. The molecule has 0 aliphatic rings. The number of H-pyrrole nitrogens is 1. The first kappa shape index (κ1) is 27.6. The number of aliphatic hydroxyl groups excluding tert-OH is 1. The normalized spacial score (nSPS) is 12.0. The fourth-order valence-electron chi connectivity index (χ4n) is 4.88. The van der Waals surface area contributed by atoms with E-state index in [1.54, 1.807) is 55.5 Å². The maximum absolute atomic E-state index is 15.3. The van der Waals surface area contributed by atoms with Gasteiger partial charge in [0.05, 0.1) is 17.7 Å². The van der Waals surface area contributed by atoms with Gasteiger partial charge in [-0.25, -0.2) is 9.37 Å². The average Bonchev–Trinajstić information content (AvgIpc) is 3.42. The molecule has 0 aliphatic carbocycles. The summed E-state index contributed by atoms with van der Waals surface area (Å²) in [5.41, 5.74) is 1.06. The predicted octanol–water partition coefficient (Wildman–Crippen LogP) is 5.12. The van der Waals surface area contributed by atoms with Crippen LogP contribution in [0.4, 0.5) is 10.2 Å². The highest BCUT2D eigenvalue weighted by Gasteiger charge is 2.20. The Kier molecular flexibility index (Phi) is 7.31.